The van der Waals surface area contributed by atoms with Gasteiger partial charge in [0.25, 0.3) is 0 Å². The van der Waals surface area contributed by atoms with Crippen LogP contribution in [0.5, 0.6) is 5.75 Å². The minimum atomic E-state index is -0.922. The number of carbonyl (C=O) groups is 2. The molecule has 5 heteroatoms. The van der Waals surface area contributed by atoms with Crippen molar-refractivity contribution < 1.29 is 14.3 Å². The number of nitrogens with zero attached hydrogens (tertiary/aromatic N) is 2. The summed E-state index contributed by atoms with van der Waals surface area (Å²) in [7, 11) is 0. The molecular formula is C26H30N2O3. The van der Waals surface area contributed by atoms with E-state index in [9.17, 15) is 9.59 Å². The van der Waals surface area contributed by atoms with Crippen LogP contribution in [0.15, 0.2) is 48.5 Å². The summed E-state index contributed by atoms with van der Waals surface area (Å²) in [5.41, 5.74) is 2.34. The maximum atomic E-state index is 14.0. The van der Waals surface area contributed by atoms with E-state index in [1.54, 1.807) is 4.90 Å². The maximum Gasteiger partial charge on any atom is 0.249 e. The van der Waals surface area contributed by atoms with Crippen molar-refractivity contribution in [3.8, 4) is 5.75 Å². The number of aryl methyl sites for hydroxylation is 1. The van der Waals surface area contributed by atoms with Gasteiger partial charge in [-0.15, -0.1) is 0 Å². The molecule has 162 valence electrons. The van der Waals surface area contributed by atoms with Crippen LogP contribution in [0.1, 0.15) is 55.3 Å². The minimum Gasteiger partial charge on any atom is -0.493 e. The molecule has 2 aromatic carbocycles. The molecule has 4 atom stereocenters. The predicted molar refractivity (Wildman–Crippen MR) is 119 cm³/mol. The zero-order chi connectivity index (χ0) is 21.8. The van der Waals surface area contributed by atoms with Gasteiger partial charge in [0.1, 0.15) is 11.3 Å². The maximum absolute atomic E-state index is 14.0. The molecule has 0 unspecified atom stereocenters. The first-order valence-corrected chi connectivity index (χ1v) is 11.4. The molecular weight excluding hydrogens is 388 g/mol. The molecule has 31 heavy (non-hydrogen) atoms. The van der Waals surface area contributed by atoms with Crippen LogP contribution in [0, 0.1) is 12.8 Å². The van der Waals surface area contributed by atoms with E-state index in [4.69, 9.17) is 4.74 Å². The normalized spacial score (nSPS) is 29.3. The Kier molecular flexibility index (Phi) is 4.80. The second-order valence-electron chi connectivity index (χ2n) is 9.34. The lowest BCUT2D eigenvalue weighted by Gasteiger charge is -2.47. The van der Waals surface area contributed by atoms with Gasteiger partial charge in [-0.2, -0.15) is 0 Å². The van der Waals surface area contributed by atoms with Crippen LogP contribution >= 0.6 is 0 Å². The van der Waals surface area contributed by atoms with Crippen molar-refractivity contribution in [2.24, 2.45) is 5.92 Å². The molecule has 0 spiro atoms. The van der Waals surface area contributed by atoms with Crippen molar-refractivity contribution in [3.05, 3.63) is 65.2 Å². The second-order valence-corrected chi connectivity index (χ2v) is 9.34. The van der Waals surface area contributed by atoms with Crippen LogP contribution in [0.3, 0.4) is 0 Å². The zero-order valence-electron chi connectivity index (χ0n) is 18.5. The predicted octanol–water partition coefficient (Wildman–Crippen LogP) is 4.07. The van der Waals surface area contributed by atoms with Gasteiger partial charge < -0.3 is 14.5 Å². The van der Waals surface area contributed by atoms with Crippen LogP contribution in [-0.4, -0.2) is 46.8 Å². The van der Waals surface area contributed by atoms with E-state index >= 15 is 0 Å². The first-order valence-electron chi connectivity index (χ1n) is 11.4. The number of amides is 2. The van der Waals surface area contributed by atoms with E-state index in [1.165, 1.54) is 0 Å². The fourth-order valence-electron chi connectivity index (χ4n) is 6.05. The van der Waals surface area contributed by atoms with Crippen LogP contribution in [0.2, 0.25) is 0 Å². The smallest absolute Gasteiger partial charge is 0.249 e. The van der Waals surface area contributed by atoms with Crippen LogP contribution < -0.4 is 4.74 Å². The third kappa shape index (κ3) is 2.89. The number of fused-ring (bicyclic) bond motifs is 5. The number of piperazine rings is 1. The highest BCUT2D eigenvalue weighted by atomic mass is 16.5. The summed E-state index contributed by atoms with van der Waals surface area (Å²) in [5, 5.41) is 0. The summed E-state index contributed by atoms with van der Waals surface area (Å²) in [6, 6.07) is 16.2. The zero-order valence-corrected chi connectivity index (χ0v) is 18.5. The van der Waals surface area contributed by atoms with E-state index < -0.39 is 5.54 Å². The van der Waals surface area contributed by atoms with Crippen molar-refractivity contribution in [1.29, 1.82) is 0 Å². The topological polar surface area (TPSA) is 49.9 Å². The fraction of sp³-hybridized carbons (Fsp3) is 0.462. The standard InChI is InChI=1S/C26H30N2O3/c1-4-5-13-27-15-22(29)28-24-19-14-17(2)11-12-21(19)31-16-20(24)23(26(28,3)25(27)30)18-9-7-6-8-10-18/h6-12,14,20,23-24H,4-5,13,15-16H2,1-3H3/t20-,23+,24+,26-/m1/s1. The average Bonchev–Trinajstić information content (AvgIpc) is 3.06. The van der Waals surface area contributed by atoms with E-state index in [-0.39, 0.29) is 36.2 Å². The average molecular weight is 419 g/mol. The van der Waals surface area contributed by atoms with Crippen LogP contribution in [0.4, 0.5) is 0 Å². The van der Waals surface area contributed by atoms with Gasteiger partial charge in [0, 0.05) is 23.9 Å². The lowest BCUT2D eigenvalue weighted by Crippen LogP contribution is -2.66. The number of rotatable bonds is 4. The van der Waals surface area contributed by atoms with Crippen molar-refractivity contribution in [1.82, 2.24) is 9.80 Å². The summed E-state index contributed by atoms with van der Waals surface area (Å²) in [6.07, 6.45) is 1.90. The second kappa shape index (κ2) is 7.40. The van der Waals surface area contributed by atoms with Crippen molar-refractivity contribution >= 4 is 11.8 Å². The number of ether oxygens (including phenoxy) is 1. The Morgan fingerprint density at radius 1 is 1.13 bits per heavy atom. The van der Waals surface area contributed by atoms with E-state index in [0.717, 1.165) is 35.3 Å². The Morgan fingerprint density at radius 3 is 2.65 bits per heavy atom. The minimum absolute atomic E-state index is 0.0284. The number of carbonyl (C=O) groups excluding carboxylic acids is 2. The molecule has 0 radical (unpaired) electrons. The van der Waals surface area contributed by atoms with Gasteiger partial charge in [0.2, 0.25) is 11.8 Å². The first kappa shape index (κ1) is 20.1. The molecule has 3 aliphatic heterocycles. The quantitative estimate of drug-likeness (QED) is 0.752. The monoisotopic (exact) mass is 418 g/mol. The fourth-order valence-corrected chi connectivity index (χ4v) is 6.05. The molecule has 2 saturated heterocycles. The Morgan fingerprint density at radius 2 is 1.90 bits per heavy atom. The Hall–Kier alpha value is -2.82. The van der Waals surface area contributed by atoms with E-state index in [0.29, 0.717) is 13.2 Å². The van der Waals surface area contributed by atoms with Crippen LogP contribution in [0.25, 0.3) is 0 Å². The third-order valence-corrected chi connectivity index (χ3v) is 7.39. The molecule has 2 fully saturated rings. The number of unbranched alkanes of at least 4 members (excludes halogenated alkanes) is 1. The molecule has 5 nitrogen and oxygen atoms in total. The van der Waals surface area contributed by atoms with Crippen LogP contribution in [-0.2, 0) is 9.59 Å². The molecule has 0 aliphatic carbocycles. The summed E-state index contributed by atoms with van der Waals surface area (Å²) in [4.78, 5) is 31.3. The highest BCUT2D eigenvalue weighted by molar-refractivity contribution is 5.99. The first-order chi connectivity index (χ1) is 15.0. The van der Waals surface area contributed by atoms with E-state index in [2.05, 4.69) is 32.0 Å². The molecule has 3 aliphatic rings. The number of hydrogen-bond acceptors (Lipinski definition) is 3. The molecule has 5 rings (SSSR count). The van der Waals surface area contributed by atoms with Gasteiger partial charge in [-0.05, 0) is 31.9 Å². The lowest BCUT2D eigenvalue weighted by molar-refractivity contribution is -0.163. The summed E-state index contributed by atoms with van der Waals surface area (Å²) in [6.45, 7) is 7.45. The molecule has 2 aromatic rings. The largest absolute Gasteiger partial charge is 0.493 e. The van der Waals surface area contributed by atoms with Gasteiger partial charge in [-0.25, -0.2) is 0 Å². The third-order valence-electron chi connectivity index (χ3n) is 7.39. The molecule has 3 heterocycles. The number of hydrogen-bond donors (Lipinski definition) is 0. The van der Waals surface area contributed by atoms with Gasteiger partial charge >= 0.3 is 0 Å². The van der Waals surface area contributed by atoms with Gasteiger partial charge in [-0.1, -0.05) is 61.4 Å². The SMILES string of the molecule is CCCCN1CC(=O)N2[C@H]3c4cc(C)ccc4OC[C@@H]3[C@H](c3ccccc3)[C@]2(C)C1=O. The number of benzene rings is 2. The summed E-state index contributed by atoms with van der Waals surface area (Å²) < 4.78 is 6.19. The van der Waals surface area contributed by atoms with Gasteiger partial charge in [0.15, 0.2) is 0 Å². The van der Waals surface area contributed by atoms with Gasteiger partial charge in [-0.3, -0.25) is 9.59 Å². The van der Waals surface area contributed by atoms with Crippen molar-refractivity contribution in [2.75, 3.05) is 19.7 Å². The summed E-state index contributed by atoms with van der Waals surface area (Å²) in [5.74, 6) is 0.851. The molecule has 0 bridgehead atoms. The van der Waals surface area contributed by atoms with Crippen molar-refractivity contribution in [3.63, 3.8) is 0 Å². The molecule has 0 saturated carbocycles. The lowest BCUT2D eigenvalue weighted by atomic mass is 9.73. The highest BCUT2D eigenvalue weighted by Gasteiger charge is 2.66. The molecule has 0 N–H and O–H groups in total. The Bertz CT molecular complexity index is 1020. The van der Waals surface area contributed by atoms with E-state index in [1.807, 2.05) is 42.2 Å². The Balaban J connectivity index is 1.68. The Labute approximate surface area is 184 Å². The molecule has 0 aromatic heterocycles. The van der Waals surface area contributed by atoms with Crippen molar-refractivity contribution in [2.45, 2.75) is 51.1 Å². The van der Waals surface area contributed by atoms with Gasteiger partial charge in [0.05, 0.1) is 19.2 Å². The highest BCUT2D eigenvalue weighted by Crippen LogP contribution is 2.59. The molecule has 2 amide bonds. The summed E-state index contributed by atoms with van der Waals surface area (Å²) >= 11 is 0.